The first-order valence-corrected chi connectivity index (χ1v) is 37.2. The number of hydrogen-bond acceptors (Lipinski definition) is 21. The zero-order valence-electron chi connectivity index (χ0n) is 50.1. The maximum absolute atomic E-state index is 12.6. The van der Waals surface area contributed by atoms with Crippen LogP contribution in [0.1, 0.15) is 191 Å². The number of phosphoric acid groups is 5. The van der Waals surface area contributed by atoms with Crippen molar-refractivity contribution in [3.63, 3.8) is 0 Å². The van der Waals surface area contributed by atoms with Gasteiger partial charge in [0, 0.05) is 72.7 Å². The first kappa shape index (κ1) is 78.9. The normalized spacial score (nSPS) is 15.8. The molecule has 0 radical (unpaired) electrons. The van der Waals surface area contributed by atoms with Crippen molar-refractivity contribution >= 4 is 50.9 Å². The summed E-state index contributed by atoms with van der Waals surface area (Å²) >= 11 is 0. The quantitative estimate of drug-likeness (QED) is 0.0239. The maximum Gasteiger partial charge on any atom is 0.472 e. The summed E-state index contributed by atoms with van der Waals surface area (Å²) in [5, 5.41) is 22.0. The molecule has 5 atom stereocenters. The lowest BCUT2D eigenvalue weighted by molar-refractivity contribution is -0.121. The fourth-order valence-corrected chi connectivity index (χ4v) is 11.3. The van der Waals surface area contributed by atoms with Gasteiger partial charge in [-0.3, -0.25) is 64.2 Å². The van der Waals surface area contributed by atoms with Gasteiger partial charge in [-0.25, -0.2) is 22.8 Å². The molecular weight excluding hydrogens is 1220 g/mol. The molecule has 2 rings (SSSR count). The summed E-state index contributed by atoms with van der Waals surface area (Å²) in [7, 11) is -17.7. The van der Waals surface area contributed by atoms with Crippen LogP contribution in [0.3, 0.4) is 0 Å². The number of rotatable bonds is 59. The molecule has 2 amide bonds. The molecule has 35 heteroatoms. The Morgan fingerprint density at radius 1 is 0.412 bits per heavy atom. The van der Waals surface area contributed by atoms with E-state index in [-0.39, 0.29) is 91.3 Å². The minimum atomic E-state index is -4.52. The van der Waals surface area contributed by atoms with Crippen molar-refractivity contribution in [2.45, 2.75) is 212 Å². The lowest BCUT2D eigenvalue weighted by Crippen LogP contribution is -2.41. The highest BCUT2D eigenvalue weighted by Crippen LogP contribution is 2.46. The van der Waals surface area contributed by atoms with Crippen molar-refractivity contribution in [3.8, 4) is 0 Å². The third kappa shape index (κ3) is 44.8. The van der Waals surface area contributed by atoms with Crippen LogP contribution in [-0.4, -0.2) is 146 Å². The largest absolute Gasteiger partial charge is 0.472 e. The van der Waals surface area contributed by atoms with Crippen LogP contribution in [0, 0.1) is 0 Å². The van der Waals surface area contributed by atoms with Gasteiger partial charge in [0.15, 0.2) is 0 Å². The number of amides is 2. The van der Waals surface area contributed by atoms with Crippen LogP contribution in [0.2, 0.25) is 0 Å². The van der Waals surface area contributed by atoms with Gasteiger partial charge in [0.2, 0.25) is 11.8 Å². The summed E-state index contributed by atoms with van der Waals surface area (Å²) < 4.78 is 111. The topological polar surface area (TPSA) is 398 Å². The molecule has 0 fully saturated rings. The van der Waals surface area contributed by atoms with E-state index in [4.69, 9.17) is 31.7 Å². The second-order valence-electron chi connectivity index (χ2n) is 20.4. The number of nitrogens with one attached hydrogen (secondary N) is 2. The van der Waals surface area contributed by atoms with Crippen molar-refractivity contribution < 1.29 is 102 Å². The van der Waals surface area contributed by atoms with Crippen molar-refractivity contribution in [3.05, 3.63) is 23.8 Å². The van der Waals surface area contributed by atoms with Gasteiger partial charge >= 0.3 is 39.1 Å². The molecule has 2 aromatic rings. The Hall–Kier alpha value is -2.23. The Labute approximate surface area is 501 Å². The molecular formula is C50H99N8O22P5. The Bertz CT molecular complexity index is 2180. The standard InChI is InChI=1S/C50H99N8O22P5/c1-71-81(61,62)74-36-24-16-12-8-4-6-10-14-22-34-57-44-46(53-55-57)30-18-26-38-76-84(67,68)78-40-28-20-32-49(59)51-42-48(80-83(65,66)73-3)43-52-50(60)33-21-29-41-79-85(69,70)77-39-27-19-31-47-45-58(56-54-47)35-23-15-11-7-5-9-13-17-25-37-75-82(63,64)72-2/h44-45,48H,4-43H2,1-3H3,(H,51,59)(H,52,60)(H,61,62)(H,63,64)(H,65,66)(H,67,68)(H,69,70). The van der Waals surface area contributed by atoms with Gasteiger partial charge in [0.05, 0.1) is 51.0 Å². The number of nitrogens with zero attached hydrogens (tertiary/aromatic N) is 6. The average Bonchev–Trinajstić information content (AvgIpc) is 4.13. The van der Waals surface area contributed by atoms with E-state index in [1.165, 1.54) is 0 Å². The first-order valence-electron chi connectivity index (χ1n) is 29.8. The van der Waals surface area contributed by atoms with E-state index >= 15 is 0 Å². The summed E-state index contributed by atoms with van der Waals surface area (Å²) in [5.41, 5.74) is 1.64. The smallest absolute Gasteiger partial charge is 0.353 e. The first-order chi connectivity index (χ1) is 40.6. The van der Waals surface area contributed by atoms with Gasteiger partial charge in [-0.1, -0.05) is 100 Å². The van der Waals surface area contributed by atoms with Crippen molar-refractivity contribution in [2.24, 2.45) is 0 Å². The van der Waals surface area contributed by atoms with E-state index < -0.39 is 57.0 Å². The molecule has 85 heavy (non-hydrogen) atoms. The Kier molecular flexibility index (Phi) is 43.4. The van der Waals surface area contributed by atoms with Gasteiger partial charge in [-0.15, -0.1) is 10.2 Å². The second kappa shape index (κ2) is 46.8. The summed E-state index contributed by atoms with van der Waals surface area (Å²) in [6, 6.07) is 0. The molecule has 0 aliphatic carbocycles. The second-order valence-corrected chi connectivity index (χ2v) is 27.9. The lowest BCUT2D eigenvalue weighted by Gasteiger charge is -2.21. The third-order valence-corrected chi connectivity index (χ3v) is 18.0. The molecule has 2 heterocycles. The van der Waals surface area contributed by atoms with Crippen LogP contribution in [0.4, 0.5) is 0 Å². The van der Waals surface area contributed by atoms with Crippen molar-refractivity contribution in [2.75, 3.05) is 74.1 Å². The van der Waals surface area contributed by atoms with Gasteiger partial charge < -0.3 is 35.1 Å². The van der Waals surface area contributed by atoms with Gasteiger partial charge in [0.25, 0.3) is 0 Å². The van der Waals surface area contributed by atoms with Crippen LogP contribution in [0.5, 0.6) is 0 Å². The summed E-state index contributed by atoms with van der Waals surface area (Å²) in [4.78, 5) is 73.6. The van der Waals surface area contributed by atoms with Gasteiger partial charge in [-0.2, -0.15) is 0 Å². The Morgan fingerprint density at radius 2 is 0.694 bits per heavy atom. The Balaban J connectivity index is 1.47. The number of aryl methyl sites for hydroxylation is 4. The molecule has 0 aliphatic heterocycles. The molecule has 5 unspecified atom stereocenters. The summed E-state index contributed by atoms with van der Waals surface area (Å²) in [6.07, 6.45) is 25.8. The molecule has 0 saturated carbocycles. The summed E-state index contributed by atoms with van der Waals surface area (Å²) in [6.45, 7) is 1.13. The Morgan fingerprint density at radius 3 is 1.02 bits per heavy atom. The average molecular weight is 1320 g/mol. The van der Waals surface area contributed by atoms with Crippen molar-refractivity contribution in [1.29, 1.82) is 0 Å². The highest BCUT2D eigenvalue weighted by molar-refractivity contribution is 7.48. The fourth-order valence-electron chi connectivity index (χ4n) is 8.21. The minimum Gasteiger partial charge on any atom is -0.353 e. The zero-order valence-corrected chi connectivity index (χ0v) is 54.6. The molecule has 0 aromatic carbocycles. The highest BCUT2D eigenvalue weighted by atomic mass is 31.2. The SMILES string of the molecule is COP(=O)(O)OCCCCCCCCCCCn1cc(CCCCOP(=O)(O)OCCCCC(=O)NCC(CNC(=O)CCCCOP(=O)(O)OCCCCc2cn(CCCCCCCCCCCOP(=O)(O)OC)nn2)OP(=O)(O)OC)nn1. The summed E-state index contributed by atoms with van der Waals surface area (Å²) in [5.74, 6) is -0.906. The molecule has 0 spiro atoms. The number of carbonyl (C=O) groups excluding carboxylic acids is 2. The zero-order chi connectivity index (χ0) is 62.6. The van der Waals surface area contributed by atoms with E-state index in [9.17, 15) is 56.9 Å². The van der Waals surface area contributed by atoms with Crippen LogP contribution < -0.4 is 10.6 Å². The monoisotopic (exact) mass is 1320 g/mol. The number of hydrogen-bond donors (Lipinski definition) is 7. The molecule has 0 saturated heterocycles. The van der Waals surface area contributed by atoms with Crippen LogP contribution in [0.25, 0.3) is 0 Å². The lowest BCUT2D eigenvalue weighted by atomic mass is 10.1. The molecule has 30 nitrogen and oxygen atoms in total. The highest BCUT2D eigenvalue weighted by Gasteiger charge is 2.27. The number of aromatic nitrogens is 6. The van der Waals surface area contributed by atoms with Gasteiger partial charge in [0.1, 0.15) is 6.10 Å². The van der Waals surface area contributed by atoms with E-state index in [1.807, 2.05) is 21.8 Å². The maximum atomic E-state index is 12.6. The van der Waals surface area contributed by atoms with E-state index in [0.29, 0.717) is 38.5 Å². The van der Waals surface area contributed by atoms with Crippen LogP contribution in [0.15, 0.2) is 12.4 Å². The van der Waals surface area contributed by atoms with Crippen molar-refractivity contribution in [1.82, 2.24) is 40.6 Å². The van der Waals surface area contributed by atoms with Crippen LogP contribution in [-0.2, 0) is 104 Å². The van der Waals surface area contributed by atoms with E-state index in [1.54, 1.807) is 0 Å². The van der Waals surface area contributed by atoms with Crippen LogP contribution >= 0.6 is 39.1 Å². The fraction of sp³-hybridized carbons (Fsp3) is 0.880. The van der Waals surface area contributed by atoms with E-state index in [0.717, 1.165) is 161 Å². The predicted molar refractivity (Wildman–Crippen MR) is 313 cm³/mol. The molecule has 2 aromatic heterocycles. The number of carbonyl (C=O) groups is 2. The predicted octanol–water partition coefficient (Wildman–Crippen LogP) is 9.74. The molecule has 496 valence electrons. The minimum absolute atomic E-state index is 0.00565. The van der Waals surface area contributed by atoms with E-state index in [2.05, 4.69) is 44.8 Å². The molecule has 0 aliphatic rings. The van der Waals surface area contributed by atoms with Gasteiger partial charge in [-0.05, 0) is 89.9 Å². The third-order valence-electron chi connectivity index (χ3n) is 13.0. The molecule has 0 bridgehead atoms. The number of phosphoric ester groups is 5. The molecule has 7 N–H and O–H groups in total. The number of unbranched alkanes of at least 4 members (excludes halogenated alkanes) is 20.